The number of carbonyl (C=O) groups is 2. The van der Waals surface area contributed by atoms with Crippen molar-refractivity contribution in [3.8, 4) is 0 Å². The van der Waals surface area contributed by atoms with Crippen LogP contribution in [-0.4, -0.2) is 54.1 Å². The summed E-state index contributed by atoms with van der Waals surface area (Å²) >= 11 is 0. The molecule has 1 aromatic rings. The van der Waals surface area contributed by atoms with Gasteiger partial charge in [0.1, 0.15) is 5.60 Å². The average molecular weight is 415 g/mol. The highest BCUT2D eigenvalue weighted by Gasteiger charge is 2.33. The first-order valence-electron chi connectivity index (χ1n) is 11.5. The van der Waals surface area contributed by atoms with Crippen molar-refractivity contribution in [2.24, 2.45) is 11.8 Å². The number of hydrogen-bond acceptors (Lipinski definition) is 3. The SMILES string of the molecule is CN(C[C@H]1CC[C@H](C(=O)N2CCCC(c3ccccc3)C2)CC1)C(=O)OC(C)(C)C. The second kappa shape index (κ2) is 9.84. The van der Waals surface area contributed by atoms with E-state index in [1.807, 2.05) is 33.9 Å². The van der Waals surface area contributed by atoms with E-state index in [2.05, 4.69) is 29.2 Å². The predicted molar refractivity (Wildman–Crippen MR) is 119 cm³/mol. The van der Waals surface area contributed by atoms with Gasteiger partial charge in [-0.1, -0.05) is 30.3 Å². The molecule has 2 fully saturated rings. The molecule has 5 heteroatoms. The normalized spacial score (nSPS) is 24.9. The summed E-state index contributed by atoms with van der Waals surface area (Å²) in [7, 11) is 1.81. The smallest absolute Gasteiger partial charge is 0.410 e. The summed E-state index contributed by atoms with van der Waals surface area (Å²) < 4.78 is 5.45. The van der Waals surface area contributed by atoms with Crippen LogP contribution in [0, 0.1) is 11.8 Å². The molecule has 1 unspecified atom stereocenters. The van der Waals surface area contributed by atoms with Crippen LogP contribution in [0.15, 0.2) is 30.3 Å². The summed E-state index contributed by atoms with van der Waals surface area (Å²) in [4.78, 5) is 29.2. The molecule has 1 heterocycles. The van der Waals surface area contributed by atoms with Crippen LogP contribution in [0.3, 0.4) is 0 Å². The number of nitrogens with zero attached hydrogens (tertiary/aromatic N) is 2. The Bertz CT molecular complexity index is 705. The molecule has 2 aliphatic rings. The van der Waals surface area contributed by atoms with Crippen molar-refractivity contribution in [3.63, 3.8) is 0 Å². The third-order valence-corrected chi connectivity index (χ3v) is 6.44. The summed E-state index contributed by atoms with van der Waals surface area (Å²) in [5, 5.41) is 0. The Balaban J connectivity index is 1.46. The third-order valence-electron chi connectivity index (χ3n) is 6.44. The van der Waals surface area contributed by atoms with E-state index in [1.54, 1.807) is 4.90 Å². The number of piperidine rings is 1. The number of amides is 2. The Hall–Kier alpha value is -2.04. The molecule has 0 aromatic heterocycles. The summed E-state index contributed by atoms with van der Waals surface area (Å²) in [6.45, 7) is 8.11. The molecule has 0 spiro atoms. The van der Waals surface area contributed by atoms with Crippen molar-refractivity contribution in [3.05, 3.63) is 35.9 Å². The van der Waals surface area contributed by atoms with Crippen molar-refractivity contribution < 1.29 is 14.3 Å². The lowest BCUT2D eigenvalue weighted by molar-refractivity contribution is -0.138. The van der Waals surface area contributed by atoms with E-state index in [1.165, 1.54) is 5.56 Å². The first kappa shape index (κ1) is 22.6. The third kappa shape index (κ3) is 6.23. The molecule has 0 N–H and O–H groups in total. The van der Waals surface area contributed by atoms with Gasteiger partial charge in [0, 0.05) is 38.5 Å². The van der Waals surface area contributed by atoms with Crippen LogP contribution in [0.4, 0.5) is 4.79 Å². The maximum absolute atomic E-state index is 13.2. The van der Waals surface area contributed by atoms with Gasteiger partial charge < -0.3 is 14.5 Å². The van der Waals surface area contributed by atoms with E-state index in [0.717, 1.165) is 51.6 Å². The van der Waals surface area contributed by atoms with Crippen molar-refractivity contribution in [1.29, 1.82) is 0 Å². The highest BCUT2D eigenvalue weighted by molar-refractivity contribution is 5.79. The van der Waals surface area contributed by atoms with Crippen LogP contribution in [0.2, 0.25) is 0 Å². The molecule has 1 aliphatic heterocycles. The lowest BCUT2D eigenvalue weighted by Gasteiger charge is -2.37. The van der Waals surface area contributed by atoms with Crippen LogP contribution in [0.1, 0.15) is 70.8 Å². The van der Waals surface area contributed by atoms with Crippen LogP contribution >= 0.6 is 0 Å². The summed E-state index contributed by atoms with van der Waals surface area (Å²) in [5.41, 5.74) is 0.880. The molecule has 30 heavy (non-hydrogen) atoms. The summed E-state index contributed by atoms with van der Waals surface area (Å²) in [6, 6.07) is 10.6. The monoisotopic (exact) mass is 414 g/mol. The fourth-order valence-electron chi connectivity index (χ4n) is 4.83. The number of hydrogen-bond donors (Lipinski definition) is 0. The van der Waals surface area contributed by atoms with Crippen LogP contribution in [0.5, 0.6) is 0 Å². The number of benzene rings is 1. The molecule has 2 amide bonds. The van der Waals surface area contributed by atoms with Crippen LogP contribution in [0.25, 0.3) is 0 Å². The Morgan fingerprint density at radius 1 is 1.07 bits per heavy atom. The molecular formula is C25H38N2O3. The Kier molecular flexibility index (Phi) is 7.43. The highest BCUT2D eigenvalue weighted by atomic mass is 16.6. The van der Waals surface area contributed by atoms with Gasteiger partial charge in [0.25, 0.3) is 0 Å². The number of ether oxygens (including phenoxy) is 1. The van der Waals surface area contributed by atoms with Gasteiger partial charge in [-0.25, -0.2) is 4.79 Å². The van der Waals surface area contributed by atoms with E-state index in [4.69, 9.17) is 4.74 Å². The van der Waals surface area contributed by atoms with Crippen LogP contribution < -0.4 is 0 Å². The van der Waals surface area contributed by atoms with Crippen LogP contribution in [-0.2, 0) is 9.53 Å². The fraction of sp³-hybridized carbons (Fsp3) is 0.680. The summed E-state index contributed by atoms with van der Waals surface area (Å²) in [6.07, 6.45) is 5.84. The van der Waals surface area contributed by atoms with Crippen molar-refractivity contribution in [2.75, 3.05) is 26.7 Å². The maximum Gasteiger partial charge on any atom is 0.410 e. The largest absolute Gasteiger partial charge is 0.444 e. The van der Waals surface area contributed by atoms with E-state index in [9.17, 15) is 9.59 Å². The summed E-state index contributed by atoms with van der Waals surface area (Å²) in [5.74, 6) is 1.39. The number of carbonyl (C=O) groups excluding carboxylic acids is 2. The second-order valence-corrected chi connectivity index (χ2v) is 10.1. The molecule has 1 saturated heterocycles. The van der Waals surface area contributed by atoms with Gasteiger partial charge >= 0.3 is 6.09 Å². The molecule has 3 rings (SSSR count). The quantitative estimate of drug-likeness (QED) is 0.691. The number of likely N-dealkylation sites (tertiary alicyclic amines) is 1. The lowest BCUT2D eigenvalue weighted by Crippen LogP contribution is -2.44. The van der Waals surface area contributed by atoms with Gasteiger partial charge in [-0.2, -0.15) is 0 Å². The Morgan fingerprint density at radius 3 is 2.37 bits per heavy atom. The van der Waals surface area contributed by atoms with Gasteiger partial charge in [0.2, 0.25) is 5.91 Å². The fourth-order valence-corrected chi connectivity index (χ4v) is 4.83. The topological polar surface area (TPSA) is 49.9 Å². The molecule has 1 saturated carbocycles. The Morgan fingerprint density at radius 2 is 1.73 bits per heavy atom. The molecular weight excluding hydrogens is 376 g/mol. The first-order valence-corrected chi connectivity index (χ1v) is 11.5. The minimum atomic E-state index is -0.471. The zero-order valence-corrected chi connectivity index (χ0v) is 19.1. The van der Waals surface area contributed by atoms with Gasteiger partial charge in [-0.3, -0.25) is 4.79 Å². The molecule has 166 valence electrons. The van der Waals surface area contributed by atoms with Crippen molar-refractivity contribution >= 4 is 12.0 Å². The van der Waals surface area contributed by atoms with Gasteiger partial charge in [-0.05, 0) is 70.8 Å². The predicted octanol–water partition coefficient (Wildman–Crippen LogP) is 5.07. The van der Waals surface area contributed by atoms with Gasteiger partial charge in [0.15, 0.2) is 0 Å². The minimum absolute atomic E-state index is 0.141. The average Bonchev–Trinajstić information content (AvgIpc) is 2.73. The van der Waals surface area contributed by atoms with Crippen molar-refractivity contribution in [2.45, 2.75) is 70.8 Å². The van der Waals surface area contributed by atoms with E-state index >= 15 is 0 Å². The number of rotatable bonds is 4. The molecule has 1 aliphatic carbocycles. The highest BCUT2D eigenvalue weighted by Crippen LogP contribution is 2.33. The van der Waals surface area contributed by atoms with E-state index in [0.29, 0.717) is 24.3 Å². The molecule has 0 radical (unpaired) electrons. The molecule has 0 bridgehead atoms. The first-order chi connectivity index (χ1) is 14.2. The lowest BCUT2D eigenvalue weighted by atomic mass is 9.80. The molecule has 1 aromatic carbocycles. The maximum atomic E-state index is 13.2. The Labute approximate surface area is 181 Å². The van der Waals surface area contributed by atoms with E-state index in [-0.39, 0.29) is 12.0 Å². The van der Waals surface area contributed by atoms with Gasteiger partial charge in [-0.15, -0.1) is 0 Å². The molecule has 1 atom stereocenters. The standard InChI is InChI=1S/C25H38N2O3/c1-25(2,3)30-24(29)26(4)17-19-12-14-21(15-13-19)23(28)27-16-8-11-22(18-27)20-9-6-5-7-10-20/h5-7,9-10,19,21-22H,8,11-18H2,1-4H3/t19-,21-,22?. The van der Waals surface area contributed by atoms with E-state index < -0.39 is 5.60 Å². The van der Waals surface area contributed by atoms with Crippen molar-refractivity contribution in [1.82, 2.24) is 9.80 Å². The zero-order valence-electron chi connectivity index (χ0n) is 19.1. The second-order valence-electron chi connectivity index (χ2n) is 10.1. The minimum Gasteiger partial charge on any atom is -0.444 e. The zero-order chi connectivity index (χ0) is 21.7. The van der Waals surface area contributed by atoms with Gasteiger partial charge in [0.05, 0.1) is 0 Å². The molecule has 5 nitrogen and oxygen atoms in total.